The molecule has 0 saturated carbocycles. The predicted octanol–water partition coefficient (Wildman–Crippen LogP) is 3.98. The molecule has 1 fully saturated rings. The Hall–Kier alpha value is -3.54. The maximum absolute atomic E-state index is 13.2. The molecule has 2 aromatic carbocycles. The van der Waals surface area contributed by atoms with Crippen molar-refractivity contribution in [1.29, 1.82) is 0 Å². The summed E-state index contributed by atoms with van der Waals surface area (Å²) >= 11 is 0. The number of benzene rings is 2. The molecule has 29 heavy (non-hydrogen) atoms. The van der Waals surface area contributed by atoms with Gasteiger partial charge in [0, 0.05) is 30.3 Å². The molecule has 1 amide bonds. The number of likely N-dealkylation sites (tertiary alicyclic amines) is 1. The molecule has 0 N–H and O–H groups in total. The highest BCUT2D eigenvalue weighted by Crippen LogP contribution is 2.42. The van der Waals surface area contributed by atoms with Gasteiger partial charge in [0.15, 0.2) is 0 Å². The summed E-state index contributed by atoms with van der Waals surface area (Å²) in [6.07, 6.45) is 3.47. The van der Waals surface area contributed by atoms with Crippen molar-refractivity contribution in [2.45, 2.75) is 31.0 Å². The van der Waals surface area contributed by atoms with Gasteiger partial charge in [-0.05, 0) is 22.8 Å². The topological polar surface area (TPSA) is 76.3 Å². The molecule has 0 spiro atoms. The summed E-state index contributed by atoms with van der Waals surface area (Å²) in [7, 11) is 0. The van der Waals surface area contributed by atoms with Gasteiger partial charge in [0.05, 0.1) is 5.92 Å². The third-order valence-corrected chi connectivity index (χ3v) is 5.47. The molecule has 3 aromatic rings. The van der Waals surface area contributed by atoms with E-state index in [0.717, 1.165) is 16.7 Å². The molecule has 6 heteroatoms. The second-order valence-electron chi connectivity index (χ2n) is 7.24. The van der Waals surface area contributed by atoms with Crippen molar-refractivity contribution in [3.8, 4) is 0 Å². The second kappa shape index (κ2) is 8.22. The first-order chi connectivity index (χ1) is 14.1. The van der Waals surface area contributed by atoms with E-state index in [1.54, 1.807) is 23.4 Å². The first kappa shape index (κ1) is 18.8. The lowest BCUT2D eigenvalue weighted by Gasteiger charge is -2.41. The summed E-state index contributed by atoms with van der Waals surface area (Å²) in [5, 5.41) is 12.3. The van der Waals surface area contributed by atoms with Crippen LogP contribution in [0.5, 0.6) is 0 Å². The van der Waals surface area contributed by atoms with Gasteiger partial charge in [-0.3, -0.25) is 19.9 Å². The quantitative estimate of drug-likeness (QED) is 0.490. The first-order valence-corrected chi connectivity index (χ1v) is 9.57. The van der Waals surface area contributed by atoms with Gasteiger partial charge in [0.1, 0.15) is 6.04 Å². The Labute approximate surface area is 169 Å². The van der Waals surface area contributed by atoms with Crippen LogP contribution < -0.4 is 0 Å². The number of carbonyl (C=O) groups is 1. The van der Waals surface area contributed by atoms with Crippen LogP contribution in [0.1, 0.15) is 35.1 Å². The van der Waals surface area contributed by atoms with Crippen LogP contribution in [0, 0.1) is 10.1 Å². The van der Waals surface area contributed by atoms with Crippen LogP contribution in [-0.2, 0) is 11.3 Å². The molecule has 3 atom stereocenters. The summed E-state index contributed by atoms with van der Waals surface area (Å²) in [4.78, 5) is 31.0. The second-order valence-corrected chi connectivity index (χ2v) is 7.24. The fraction of sp³-hybridized carbons (Fsp3) is 0.217. The summed E-state index contributed by atoms with van der Waals surface area (Å²) in [6.45, 7) is 0.290. The molecule has 1 saturated heterocycles. The average molecular weight is 387 g/mol. The highest BCUT2D eigenvalue weighted by molar-refractivity contribution is 5.79. The normalized spacial score (nSPS) is 21.7. The molecule has 0 bridgehead atoms. The molecule has 3 unspecified atom stereocenters. The smallest absolute Gasteiger partial charge is 0.244 e. The molecular weight excluding hydrogens is 366 g/mol. The maximum Gasteiger partial charge on any atom is 0.244 e. The summed E-state index contributed by atoms with van der Waals surface area (Å²) in [5.41, 5.74) is 2.44. The molecule has 0 aliphatic carbocycles. The van der Waals surface area contributed by atoms with Gasteiger partial charge in [-0.15, -0.1) is 0 Å². The fourth-order valence-corrected chi connectivity index (χ4v) is 4.17. The van der Waals surface area contributed by atoms with Crippen molar-refractivity contribution in [3.63, 3.8) is 0 Å². The van der Waals surface area contributed by atoms with Gasteiger partial charge < -0.3 is 4.90 Å². The van der Waals surface area contributed by atoms with Gasteiger partial charge in [0.2, 0.25) is 11.9 Å². The minimum atomic E-state index is -0.936. The monoisotopic (exact) mass is 387 g/mol. The largest absolute Gasteiger partial charge is 0.324 e. The SMILES string of the molecule is O=C1CC(c2ccccc2)C([N+](=O)[O-])C(c2ccccc2)N1Cc1cccnc1. The van der Waals surface area contributed by atoms with Gasteiger partial charge in [0.25, 0.3) is 0 Å². The first-order valence-electron chi connectivity index (χ1n) is 9.57. The number of piperidine rings is 1. The third kappa shape index (κ3) is 3.87. The van der Waals surface area contributed by atoms with Crippen LogP contribution in [-0.4, -0.2) is 26.8 Å². The van der Waals surface area contributed by atoms with E-state index < -0.39 is 18.0 Å². The van der Waals surface area contributed by atoms with Crippen LogP contribution in [0.25, 0.3) is 0 Å². The molecule has 1 aliphatic rings. The number of carbonyl (C=O) groups excluding carboxylic acids is 1. The van der Waals surface area contributed by atoms with Crippen LogP contribution in [0.2, 0.25) is 0 Å². The summed E-state index contributed by atoms with van der Waals surface area (Å²) < 4.78 is 0. The van der Waals surface area contributed by atoms with E-state index in [-0.39, 0.29) is 23.8 Å². The zero-order valence-electron chi connectivity index (χ0n) is 15.8. The number of hydrogen-bond acceptors (Lipinski definition) is 4. The zero-order chi connectivity index (χ0) is 20.2. The van der Waals surface area contributed by atoms with E-state index in [0.29, 0.717) is 0 Å². The Balaban J connectivity index is 1.80. The van der Waals surface area contributed by atoms with Crippen molar-refractivity contribution in [2.24, 2.45) is 0 Å². The van der Waals surface area contributed by atoms with Crippen LogP contribution in [0.4, 0.5) is 0 Å². The number of hydrogen-bond donors (Lipinski definition) is 0. The third-order valence-electron chi connectivity index (χ3n) is 5.47. The molecule has 2 heterocycles. The lowest BCUT2D eigenvalue weighted by Crippen LogP contribution is -2.51. The van der Waals surface area contributed by atoms with Crippen molar-refractivity contribution < 1.29 is 9.72 Å². The Morgan fingerprint density at radius 3 is 2.21 bits per heavy atom. The van der Waals surface area contributed by atoms with Gasteiger partial charge in [-0.2, -0.15) is 0 Å². The van der Waals surface area contributed by atoms with Gasteiger partial charge in [-0.1, -0.05) is 66.7 Å². The van der Waals surface area contributed by atoms with Crippen LogP contribution in [0.15, 0.2) is 85.2 Å². The van der Waals surface area contributed by atoms with Gasteiger partial charge in [-0.25, -0.2) is 0 Å². The van der Waals surface area contributed by atoms with E-state index in [9.17, 15) is 14.9 Å². The highest BCUT2D eigenvalue weighted by Gasteiger charge is 2.50. The molecule has 0 radical (unpaired) electrons. The van der Waals surface area contributed by atoms with Crippen molar-refractivity contribution in [3.05, 3.63) is 112 Å². The van der Waals surface area contributed by atoms with E-state index in [1.807, 2.05) is 66.7 Å². The number of nitrogens with zero attached hydrogens (tertiary/aromatic N) is 3. The minimum absolute atomic E-state index is 0.0883. The minimum Gasteiger partial charge on any atom is -0.324 e. The molecule has 6 nitrogen and oxygen atoms in total. The lowest BCUT2D eigenvalue weighted by molar-refractivity contribution is -0.537. The standard InChI is InChI=1S/C23H21N3O3/c27-21-14-20(18-9-3-1-4-10-18)23(26(28)29)22(19-11-5-2-6-12-19)25(21)16-17-8-7-13-24-15-17/h1-13,15,20,22-23H,14,16H2. The Morgan fingerprint density at radius 1 is 0.966 bits per heavy atom. The maximum atomic E-state index is 13.2. The van der Waals surface area contributed by atoms with E-state index in [4.69, 9.17) is 0 Å². The number of amides is 1. The summed E-state index contributed by atoms with van der Waals surface area (Å²) in [5.74, 6) is -0.566. The Morgan fingerprint density at radius 2 is 1.62 bits per heavy atom. The fourth-order valence-electron chi connectivity index (χ4n) is 4.17. The molecule has 1 aromatic heterocycles. The molecular formula is C23H21N3O3. The van der Waals surface area contributed by atoms with E-state index in [1.165, 1.54) is 0 Å². The lowest BCUT2D eigenvalue weighted by atomic mass is 9.78. The predicted molar refractivity (Wildman–Crippen MR) is 109 cm³/mol. The molecule has 1 aliphatic heterocycles. The van der Waals surface area contributed by atoms with Crippen molar-refractivity contribution >= 4 is 5.91 Å². The van der Waals surface area contributed by atoms with Gasteiger partial charge >= 0.3 is 0 Å². The van der Waals surface area contributed by atoms with Crippen molar-refractivity contribution in [1.82, 2.24) is 9.88 Å². The average Bonchev–Trinajstić information content (AvgIpc) is 2.76. The van der Waals surface area contributed by atoms with E-state index in [2.05, 4.69) is 4.98 Å². The van der Waals surface area contributed by atoms with Crippen LogP contribution >= 0.6 is 0 Å². The van der Waals surface area contributed by atoms with Crippen LogP contribution in [0.3, 0.4) is 0 Å². The van der Waals surface area contributed by atoms with E-state index >= 15 is 0 Å². The number of nitro groups is 1. The number of pyridine rings is 1. The number of rotatable bonds is 5. The number of aromatic nitrogens is 1. The Kier molecular flexibility index (Phi) is 5.33. The summed E-state index contributed by atoms with van der Waals surface area (Å²) in [6, 6.07) is 20.7. The molecule has 146 valence electrons. The zero-order valence-corrected chi connectivity index (χ0v) is 15.8. The highest BCUT2D eigenvalue weighted by atomic mass is 16.6. The molecule has 4 rings (SSSR count). The Bertz CT molecular complexity index is 980. The van der Waals surface area contributed by atoms with Crippen molar-refractivity contribution in [2.75, 3.05) is 0 Å².